The Morgan fingerprint density at radius 3 is 2.83 bits per heavy atom. The van der Waals surface area contributed by atoms with Crippen molar-refractivity contribution in [1.29, 1.82) is 0 Å². The van der Waals surface area contributed by atoms with Crippen molar-refractivity contribution in [3.63, 3.8) is 0 Å². The Morgan fingerprint density at radius 2 is 2.00 bits per heavy atom. The Hall–Kier alpha value is -2.95. The molecule has 0 spiro atoms. The summed E-state index contributed by atoms with van der Waals surface area (Å²) in [5, 5.41) is 18.6. The van der Waals surface area contributed by atoms with Gasteiger partial charge in [0.1, 0.15) is 0 Å². The topological polar surface area (TPSA) is 59.3 Å². The summed E-state index contributed by atoms with van der Waals surface area (Å²) >= 11 is 0. The fourth-order valence-electron chi connectivity index (χ4n) is 3.09. The second-order valence-electron chi connectivity index (χ2n) is 5.61. The molecule has 3 aromatic rings. The number of rotatable bonds is 2. The van der Waals surface area contributed by atoms with Crippen LogP contribution in [0.4, 0.5) is 5.69 Å². The van der Waals surface area contributed by atoms with E-state index in [0.717, 1.165) is 28.2 Å². The average molecular weight is 307 g/mol. The fraction of sp³-hybridized carbons (Fsp3) is 0.167. The number of aromatic hydroxyl groups is 1. The molecule has 0 saturated heterocycles. The summed E-state index contributed by atoms with van der Waals surface area (Å²) < 4.78 is 7.14. The van der Waals surface area contributed by atoms with Crippen molar-refractivity contribution in [2.24, 2.45) is 0 Å². The molecule has 1 aliphatic rings. The van der Waals surface area contributed by atoms with E-state index in [1.54, 1.807) is 13.2 Å². The van der Waals surface area contributed by atoms with Crippen LogP contribution in [0.2, 0.25) is 0 Å². The molecular formula is C18H17N3O2. The van der Waals surface area contributed by atoms with Gasteiger partial charge in [-0.15, -0.1) is 0 Å². The highest BCUT2D eigenvalue weighted by Crippen LogP contribution is 2.42. The van der Waals surface area contributed by atoms with Gasteiger partial charge in [0.25, 0.3) is 0 Å². The van der Waals surface area contributed by atoms with E-state index in [9.17, 15) is 5.11 Å². The van der Waals surface area contributed by atoms with Crippen LogP contribution < -0.4 is 10.1 Å². The summed E-state index contributed by atoms with van der Waals surface area (Å²) in [6.07, 6.45) is -0.288. The van der Waals surface area contributed by atoms with Crippen molar-refractivity contribution in [2.45, 2.75) is 13.1 Å². The van der Waals surface area contributed by atoms with Crippen molar-refractivity contribution in [3.8, 4) is 22.8 Å². The molecule has 0 aliphatic carbocycles. The number of hydrogen-bond donors (Lipinski definition) is 2. The first-order valence-corrected chi connectivity index (χ1v) is 7.47. The van der Waals surface area contributed by atoms with Crippen LogP contribution in [0.25, 0.3) is 11.3 Å². The van der Waals surface area contributed by atoms with Gasteiger partial charge in [-0.3, -0.25) is 0 Å². The van der Waals surface area contributed by atoms with Crippen LogP contribution in [0.3, 0.4) is 0 Å². The van der Waals surface area contributed by atoms with Gasteiger partial charge < -0.3 is 15.2 Å². The number of hydrogen-bond acceptors (Lipinski definition) is 4. The third kappa shape index (κ3) is 2.04. The van der Waals surface area contributed by atoms with Crippen LogP contribution >= 0.6 is 0 Å². The summed E-state index contributed by atoms with van der Waals surface area (Å²) in [7, 11) is 1.55. The van der Waals surface area contributed by atoms with Crippen LogP contribution in [0, 0.1) is 6.92 Å². The van der Waals surface area contributed by atoms with Gasteiger partial charge >= 0.3 is 0 Å². The zero-order valence-electron chi connectivity index (χ0n) is 12.9. The van der Waals surface area contributed by atoms with E-state index in [-0.39, 0.29) is 11.9 Å². The van der Waals surface area contributed by atoms with E-state index in [4.69, 9.17) is 4.74 Å². The highest BCUT2D eigenvalue weighted by atomic mass is 16.5. The van der Waals surface area contributed by atoms with E-state index in [0.29, 0.717) is 5.75 Å². The number of methoxy groups -OCH3 is 1. The fourth-order valence-corrected chi connectivity index (χ4v) is 3.09. The number of nitrogens with one attached hydrogen (secondary N) is 1. The van der Waals surface area contributed by atoms with Gasteiger partial charge in [-0.1, -0.05) is 30.3 Å². The van der Waals surface area contributed by atoms with E-state index >= 15 is 0 Å². The molecule has 0 saturated carbocycles. The van der Waals surface area contributed by atoms with Crippen LogP contribution in [-0.2, 0) is 0 Å². The van der Waals surface area contributed by atoms with Crippen molar-refractivity contribution < 1.29 is 9.84 Å². The molecular weight excluding hydrogens is 290 g/mol. The second-order valence-corrected chi connectivity index (χ2v) is 5.61. The van der Waals surface area contributed by atoms with Gasteiger partial charge in [0.05, 0.1) is 18.5 Å². The number of benzene rings is 2. The molecule has 1 aromatic heterocycles. The summed E-state index contributed by atoms with van der Waals surface area (Å²) in [5.41, 5.74) is 4.82. The molecule has 1 atom stereocenters. The van der Waals surface area contributed by atoms with Gasteiger partial charge in [0.15, 0.2) is 17.7 Å². The van der Waals surface area contributed by atoms with Gasteiger partial charge in [0.2, 0.25) is 0 Å². The number of aromatic nitrogens is 2. The van der Waals surface area contributed by atoms with Crippen molar-refractivity contribution >= 4 is 5.69 Å². The molecule has 0 fully saturated rings. The van der Waals surface area contributed by atoms with Crippen molar-refractivity contribution in [2.75, 3.05) is 12.4 Å². The third-order valence-electron chi connectivity index (χ3n) is 4.14. The Bertz CT molecular complexity index is 886. The van der Waals surface area contributed by atoms with Crippen LogP contribution in [0.5, 0.6) is 11.5 Å². The Kier molecular flexibility index (Phi) is 3.01. The molecule has 1 aliphatic heterocycles. The van der Waals surface area contributed by atoms with Crippen molar-refractivity contribution in [1.82, 2.24) is 9.78 Å². The number of aryl methyl sites for hydroxylation is 1. The molecule has 0 radical (unpaired) electrons. The van der Waals surface area contributed by atoms with Crippen LogP contribution in [0.1, 0.15) is 17.4 Å². The van der Waals surface area contributed by atoms with Gasteiger partial charge in [0, 0.05) is 16.8 Å². The maximum Gasteiger partial charge on any atom is 0.164 e. The molecule has 5 heteroatoms. The molecule has 0 bridgehead atoms. The number of para-hydroxylation sites is 2. The van der Waals surface area contributed by atoms with Gasteiger partial charge in [-0.05, 0) is 25.1 Å². The largest absolute Gasteiger partial charge is 0.504 e. The summed E-state index contributed by atoms with van der Waals surface area (Å²) in [6.45, 7) is 1.97. The lowest BCUT2D eigenvalue weighted by atomic mass is 10.0. The lowest BCUT2D eigenvalue weighted by Crippen LogP contribution is -2.25. The monoisotopic (exact) mass is 307 g/mol. The standard InChI is InChI=1S/C18H17N3O2/c1-11-10-15-12-6-3-4-8-14(12)19-18(21(15)20-11)13-7-5-9-16(23-2)17(13)22/h3-10,18-19,22H,1-2H3/t18-/m0/s1. The van der Waals surface area contributed by atoms with Crippen LogP contribution in [-0.4, -0.2) is 22.0 Å². The average Bonchev–Trinajstić information content (AvgIpc) is 2.96. The Morgan fingerprint density at radius 1 is 1.17 bits per heavy atom. The smallest absolute Gasteiger partial charge is 0.164 e. The summed E-state index contributed by atoms with van der Waals surface area (Å²) in [5.74, 6) is 0.583. The highest BCUT2D eigenvalue weighted by molar-refractivity contribution is 5.79. The molecule has 0 amide bonds. The molecule has 2 heterocycles. The first-order chi connectivity index (χ1) is 11.2. The highest BCUT2D eigenvalue weighted by Gasteiger charge is 2.28. The maximum atomic E-state index is 10.5. The molecule has 5 nitrogen and oxygen atoms in total. The molecule has 23 heavy (non-hydrogen) atoms. The Labute approximate surface area is 134 Å². The summed E-state index contributed by atoms with van der Waals surface area (Å²) in [6, 6.07) is 15.6. The van der Waals surface area contributed by atoms with E-state index < -0.39 is 0 Å². The van der Waals surface area contributed by atoms with Crippen LogP contribution in [0.15, 0.2) is 48.5 Å². The quantitative estimate of drug-likeness (QED) is 0.760. The van der Waals surface area contributed by atoms with Gasteiger partial charge in [-0.25, -0.2) is 4.68 Å². The first kappa shape index (κ1) is 13.7. The first-order valence-electron chi connectivity index (χ1n) is 7.47. The number of phenols is 1. The van der Waals surface area contributed by atoms with E-state index in [1.807, 2.05) is 41.9 Å². The molecule has 2 aromatic carbocycles. The van der Waals surface area contributed by atoms with Gasteiger partial charge in [-0.2, -0.15) is 5.10 Å². The molecule has 116 valence electrons. The third-order valence-corrected chi connectivity index (χ3v) is 4.14. The lowest BCUT2D eigenvalue weighted by molar-refractivity contribution is 0.366. The number of nitrogens with zero attached hydrogens (tertiary/aromatic N) is 2. The number of fused-ring (bicyclic) bond motifs is 3. The maximum absolute atomic E-state index is 10.5. The normalized spacial score (nSPS) is 15.5. The van der Waals surface area contributed by atoms with E-state index in [1.165, 1.54) is 0 Å². The van der Waals surface area contributed by atoms with E-state index in [2.05, 4.69) is 22.5 Å². The predicted octanol–water partition coefficient (Wildman–Crippen LogP) is 3.55. The molecule has 2 N–H and O–H groups in total. The van der Waals surface area contributed by atoms with Crippen molar-refractivity contribution in [3.05, 3.63) is 59.8 Å². The summed E-state index contributed by atoms with van der Waals surface area (Å²) in [4.78, 5) is 0. The SMILES string of the molecule is COc1cccc([C@H]2Nc3ccccc3-c3cc(C)nn32)c1O. The zero-order chi connectivity index (χ0) is 16.0. The minimum atomic E-state index is -0.288. The second kappa shape index (κ2) is 5.05. The predicted molar refractivity (Wildman–Crippen MR) is 88.8 cm³/mol. The number of ether oxygens (including phenoxy) is 1. The Balaban J connectivity index is 1.92. The minimum absolute atomic E-state index is 0.131. The lowest BCUT2D eigenvalue weighted by Gasteiger charge is -2.29. The molecule has 0 unspecified atom stereocenters. The zero-order valence-corrected chi connectivity index (χ0v) is 12.9. The number of phenolic OH excluding ortho intramolecular Hbond substituents is 1. The minimum Gasteiger partial charge on any atom is -0.504 e. The molecule has 4 rings (SSSR count). The number of anilines is 1.